The minimum atomic E-state index is -0.500. The molecule has 2 aromatic rings. The number of anilines is 1. The van der Waals surface area contributed by atoms with Gasteiger partial charge in [-0.15, -0.1) is 0 Å². The molecular weight excluding hydrogens is 334 g/mol. The van der Waals surface area contributed by atoms with Crippen LogP contribution in [0.25, 0.3) is 11.1 Å². The second kappa shape index (κ2) is 8.64. The standard InChI is InChI=1S/C19H23N3O4/c1-24-19(23)17-12-15(13-21-18(17)20)14-2-4-16(5-3-14)26-11-8-22-6-9-25-10-7-22/h2-5,12-13H,6-11H2,1H3,(H2,20,21). The average Bonchev–Trinajstić information content (AvgIpc) is 2.69. The first kappa shape index (κ1) is 18.2. The first-order valence-corrected chi connectivity index (χ1v) is 8.54. The molecule has 1 aliphatic rings. The average molecular weight is 357 g/mol. The normalized spacial score (nSPS) is 14.8. The number of nitrogens with two attached hydrogens (primary N) is 1. The van der Waals surface area contributed by atoms with E-state index in [2.05, 4.69) is 9.88 Å². The van der Waals surface area contributed by atoms with Crippen LogP contribution in [0, 0.1) is 0 Å². The maximum absolute atomic E-state index is 11.7. The molecule has 138 valence electrons. The summed E-state index contributed by atoms with van der Waals surface area (Å²) in [5.41, 5.74) is 7.71. The molecule has 1 aromatic carbocycles. The van der Waals surface area contributed by atoms with E-state index in [1.807, 2.05) is 24.3 Å². The Balaban J connectivity index is 1.61. The molecule has 1 saturated heterocycles. The van der Waals surface area contributed by atoms with Gasteiger partial charge in [0.25, 0.3) is 0 Å². The lowest BCUT2D eigenvalue weighted by molar-refractivity contribution is 0.0322. The van der Waals surface area contributed by atoms with Gasteiger partial charge in [-0.05, 0) is 23.8 Å². The molecule has 0 saturated carbocycles. The van der Waals surface area contributed by atoms with Crippen molar-refractivity contribution in [1.82, 2.24) is 9.88 Å². The highest BCUT2D eigenvalue weighted by molar-refractivity contribution is 5.95. The number of hydrogen-bond donors (Lipinski definition) is 1. The molecule has 1 fully saturated rings. The fourth-order valence-electron chi connectivity index (χ4n) is 2.77. The maximum Gasteiger partial charge on any atom is 0.341 e. The number of methoxy groups -OCH3 is 1. The Labute approximate surface area is 152 Å². The molecular formula is C19H23N3O4. The Hall–Kier alpha value is -2.64. The summed E-state index contributed by atoms with van der Waals surface area (Å²) in [5, 5.41) is 0. The Kier molecular flexibility index (Phi) is 6.04. The highest BCUT2D eigenvalue weighted by Crippen LogP contribution is 2.24. The molecule has 1 aromatic heterocycles. The van der Waals surface area contributed by atoms with Crippen molar-refractivity contribution in [2.75, 3.05) is 52.3 Å². The molecule has 1 aliphatic heterocycles. The highest BCUT2D eigenvalue weighted by atomic mass is 16.5. The lowest BCUT2D eigenvalue weighted by Gasteiger charge is -2.26. The Morgan fingerprint density at radius 3 is 2.65 bits per heavy atom. The van der Waals surface area contributed by atoms with E-state index in [4.69, 9.17) is 19.9 Å². The third-order valence-corrected chi connectivity index (χ3v) is 4.29. The number of carbonyl (C=O) groups is 1. The van der Waals surface area contributed by atoms with Crippen molar-refractivity contribution in [3.63, 3.8) is 0 Å². The Morgan fingerprint density at radius 2 is 1.96 bits per heavy atom. The number of nitrogens with zero attached hydrogens (tertiary/aromatic N) is 2. The van der Waals surface area contributed by atoms with Crippen LogP contribution in [-0.4, -0.2) is 62.4 Å². The van der Waals surface area contributed by atoms with Gasteiger partial charge in [-0.2, -0.15) is 0 Å². The minimum absolute atomic E-state index is 0.156. The van der Waals surface area contributed by atoms with Crippen molar-refractivity contribution >= 4 is 11.8 Å². The third-order valence-electron chi connectivity index (χ3n) is 4.29. The van der Waals surface area contributed by atoms with Crippen LogP contribution in [0.3, 0.4) is 0 Å². The molecule has 2 heterocycles. The Morgan fingerprint density at radius 1 is 1.23 bits per heavy atom. The number of hydrogen-bond acceptors (Lipinski definition) is 7. The highest BCUT2D eigenvalue weighted by Gasteiger charge is 2.13. The molecule has 3 rings (SSSR count). The van der Waals surface area contributed by atoms with Gasteiger partial charge in [0.15, 0.2) is 0 Å². The number of esters is 1. The predicted molar refractivity (Wildman–Crippen MR) is 98.2 cm³/mol. The summed E-state index contributed by atoms with van der Waals surface area (Å²) in [6.07, 6.45) is 1.63. The molecule has 0 radical (unpaired) electrons. The van der Waals surface area contributed by atoms with Crippen LogP contribution in [0.5, 0.6) is 5.75 Å². The van der Waals surface area contributed by atoms with Crippen LogP contribution in [0.15, 0.2) is 36.5 Å². The molecule has 2 N–H and O–H groups in total. The lowest BCUT2D eigenvalue weighted by atomic mass is 10.1. The second-order valence-corrected chi connectivity index (χ2v) is 5.98. The van der Waals surface area contributed by atoms with Crippen LogP contribution in [0.4, 0.5) is 5.82 Å². The van der Waals surface area contributed by atoms with Crippen LogP contribution >= 0.6 is 0 Å². The maximum atomic E-state index is 11.7. The molecule has 0 spiro atoms. The number of ether oxygens (including phenoxy) is 3. The summed E-state index contributed by atoms with van der Waals surface area (Å²) in [6.45, 7) is 5.00. The van der Waals surface area contributed by atoms with E-state index in [-0.39, 0.29) is 11.4 Å². The zero-order valence-corrected chi connectivity index (χ0v) is 14.8. The van der Waals surface area contributed by atoms with Gasteiger partial charge in [-0.25, -0.2) is 9.78 Å². The van der Waals surface area contributed by atoms with Crippen LogP contribution < -0.4 is 10.5 Å². The molecule has 7 nitrogen and oxygen atoms in total. The first-order chi connectivity index (χ1) is 12.7. The van der Waals surface area contributed by atoms with Gasteiger partial charge >= 0.3 is 5.97 Å². The number of nitrogen functional groups attached to an aromatic ring is 1. The number of morpholine rings is 1. The fraction of sp³-hybridized carbons (Fsp3) is 0.368. The molecule has 0 aliphatic carbocycles. The summed E-state index contributed by atoms with van der Waals surface area (Å²) >= 11 is 0. The van der Waals surface area contributed by atoms with Crippen molar-refractivity contribution in [3.8, 4) is 16.9 Å². The van der Waals surface area contributed by atoms with Gasteiger partial charge < -0.3 is 19.9 Å². The summed E-state index contributed by atoms with van der Waals surface area (Å²) in [5.74, 6) is 0.460. The van der Waals surface area contributed by atoms with Crippen LogP contribution in [0.1, 0.15) is 10.4 Å². The molecule has 26 heavy (non-hydrogen) atoms. The van der Waals surface area contributed by atoms with Crippen LogP contribution in [0.2, 0.25) is 0 Å². The van der Waals surface area contributed by atoms with E-state index < -0.39 is 5.97 Å². The smallest absolute Gasteiger partial charge is 0.341 e. The molecule has 0 atom stereocenters. The summed E-state index contributed by atoms with van der Waals surface area (Å²) in [7, 11) is 1.32. The van der Waals surface area contributed by atoms with Crippen molar-refractivity contribution < 1.29 is 19.0 Å². The first-order valence-electron chi connectivity index (χ1n) is 8.54. The van der Waals surface area contributed by atoms with Gasteiger partial charge in [0.05, 0.1) is 20.3 Å². The summed E-state index contributed by atoms with van der Waals surface area (Å²) in [6, 6.07) is 9.35. The Bertz CT molecular complexity index is 743. The predicted octanol–water partition coefficient (Wildman–Crippen LogP) is 1.83. The largest absolute Gasteiger partial charge is 0.492 e. The third kappa shape index (κ3) is 4.50. The topological polar surface area (TPSA) is 86.9 Å². The van der Waals surface area contributed by atoms with Crippen LogP contribution in [-0.2, 0) is 9.47 Å². The zero-order valence-electron chi connectivity index (χ0n) is 14.8. The zero-order chi connectivity index (χ0) is 18.4. The van der Waals surface area contributed by atoms with E-state index in [9.17, 15) is 4.79 Å². The van der Waals surface area contributed by atoms with Gasteiger partial charge in [0.2, 0.25) is 0 Å². The monoisotopic (exact) mass is 357 g/mol. The number of pyridine rings is 1. The van der Waals surface area contributed by atoms with Gasteiger partial charge in [-0.1, -0.05) is 12.1 Å². The van der Waals surface area contributed by atoms with E-state index in [1.165, 1.54) is 7.11 Å². The molecule has 0 amide bonds. The van der Waals surface area contributed by atoms with E-state index in [1.54, 1.807) is 12.3 Å². The van der Waals surface area contributed by atoms with Crippen molar-refractivity contribution in [1.29, 1.82) is 0 Å². The fourth-order valence-corrected chi connectivity index (χ4v) is 2.77. The SMILES string of the molecule is COC(=O)c1cc(-c2ccc(OCCN3CCOCC3)cc2)cnc1N. The summed E-state index contributed by atoms with van der Waals surface area (Å²) in [4.78, 5) is 18.2. The summed E-state index contributed by atoms with van der Waals surface area (Å²) < 4.78 is 15.9. The minimum Gasteiger partial charge on any atom is -0.492 e. The number of benzene rings is 1. The van der Waals surface area contributed by atoms with Crippen molar-refractivity contribution in [3.05, 3.63) is 42.1 Å². The van der Waals surface area contributed by atoms with Gasteiger partial charge in [0, 0.05) is 31.4 Å². The van der Waals surface area contributed by atoms with E-state index in [0.717, 1.165) is 49.7 Å². The lowest BCUT2D eigenvalue weighted by Crippen LogP contribution is -2.38. The van der Waals surface area contributed by atoms with Gasteiger partial charge in [0.1, 0.15) is 23.7 Å². The molecule has 0 unspecified atom stereocenters. The quantitative estimate of drug-likeness (QED) is 0.789. The van der Waals surface area contributed by atoms with Crippen molar-refractivity contribution in [2.45, 2.75) is 0 Å². The number of rotatable bonds is 6. The van der Waals surface area contributed by atoms with Crippen molar-refractivity contribution in [2.24, 2.45) is 0 Å². The number of carbonyl (C=O) groups excluding carboxylic acids is 1. The number of aromatic nitrogens is 1. The van der Waals surface area contributed by atoms with E-state index >= 15 is 0 Å². The molecule has 7 heteroatoms. The van der Waals surface area contributed by atoms with Gasteiger partial charge in [-0.3, -0.25) is 4.90 Å². The second-order valence-electron chi connectivity index (χ2n) is 5.98. The molecule has 0 bridgehead atoms. The van der Waals surface area contributed by atoms with E-state index in [0.29, 0.717) is 6.61 Å².